The summed E-state index contributed by atoms with van der Waals surface area (Å²) in [6.07, 6.45) is 1.99. The molecule has 2 heterocycles. The molecular weight excluding hydrogens is 250 g/mol. The number of aliphatic carboxylic acids is 1. The Morgan fingerprint density at radius 2 is 2.26 bits per heavy atom. The maximum Gasteiger partial charge on any atom is 0.325 e. The Kier molecular flexibility index (Phi) is 3.46. The Bertz CT molecular complexity index is 635. The summed E-state index contributed by atoms with van der Waals surface area (Å²) in [6.45, 7) is 3.31. The monoisotopic (exact) mass is 263 g/mol. The highest BCUT2D eigenvalue weighted by Crippen LogP contribution is 2.18. The lowest BCUT2D eigenvalue weighted by Crippen LogP contribution is -2.38. The third-order valence-corrected chi connectivity index (χ3v) is 2.72. The molecule has 2 rings (SSSR count). The summed E-state index contributed by atoms with van der Waals surface area (Å²) in [5.41, 5.74) is 1.35. The number of aryl methyl sites for hydroxylation is 1. The first-order valence-corrected chi connectivity index (χ1v) is 5.81. The third-order valence-electron chi connectivity index (χ3n) is 2.72. The van der Waals surface area contributed by atoms with Gasteiger partial charge in [-0.3, -0.25) is 9.59 Å². The van der Waals surface area contributed by atoms with Crippen molar-refractivity contribution in [2.45, 2.75) is 26.3 Å². The lowest BCUT2D eigenvalue weighted by molar-refractivity contribution is -0.138. The van der Waals surface area contributed by atoms with Crippen LogP contribution in [0.3, 0.4) is 0 Å². The van der Waals surface area contributed by atoms with E-state index in [1.165, 1.54) is 13.1 Å². The fourth-order valence-electron chi connectivity index (χ4n) is 1.60. The molecule has 0 bridgehead atoms. The van der Waals surface area contributed by atoms with Crippen molar-refractivity contribution in [3.05, 3.63) is 23.5 Å². The standard InChI is InChI=1S/C12H13N3O4/c1-3-9-8-4-7(5-13-11(8)19-15-9)10(16)14-6(2)12(17)18/h4-6H,3H2,1-2H3,(H,14,16)(H,17,18)/t6-/m0/s1. The van der Waals surface area contributed by atoms with Gasteiger partial charge in [-0.15, -0.1) is 0 Å². The smallest absolute Gasteiger partial charge is 0.325 e. The molecule has 0 saturated heterocycles. The average Bonchev–Trinajstić information content (AvgIpc) is 2.80. The van der Waals surface area contributed by atoms with Crippen LogP contribution in [-0.2, 0) is 11.2 Å². The first-order valence-electron chi connectivity index (χ1n) is 5.81. The van der Waals surface area contributed by atoms with E-state index in [0.29, 0.717) is 23.2 Å². The molecule has 0 aliphatic rings. The van der Waals surface area contributed by atoms with Gasteiger partial charge in [0.2, 0.25) is 0 Å². The van der Waals surface area contributed by atoms with Crippen molar-refractivity contribution < 1.29 is 19.2 Å². The number of carboxylic acid groups (broad SMARTS) is 1. The predicted molar refractivity (Wildman–Crippen MR) is 65.7 cm³/mol. The van der Waals surface area contributed by atoms with Gasteiger partial charge in [0, 0.05) is 6.20 Å². The molecule has 0 fully saturated rings. The van der Waals surface area contributed by atoms with Crippen molar-refractivity contribution >= 4 is 23.0 Å². The van der Waals surface area contributed by atoms with Gasteiger partial charge in [0.05, 0.1) is 16.6 Å². The highest BCUT2D eigenvalue weighted by atomic mass is 16.5. The fourth-order valence-corrected chi connectivity index (χ4v) is 1.60. The molecule has 0 aliphatic carbocycles. The SMILES string of the molecule is CCc1noc2ncc(C(=O)N[C@@H](C)C(=O)O)cc12. The van der Waals surface area contributed by atoms with Crippen LogP contribution in [0.1, 0.15) is 29.9 Å². The second kappa shape index (κ2) is 5.05. The zero-order valence-corrected chi connectivity index (χ0v) is 10.5. The summed E-state index contributed by atoms with van der Waals surface area (Å²) >= 11 is 0. The number of carbonyl (C=O) groups excluding carboxylic acids is 1. The quantitative estimate of drug-likeness (QED) is 0.852. The summed E-state index contributed by atoms with van der Waals surface area (Å²) in [5.74, 6) is -1.59. The minimum atomic E-state index is -1.10. The van der Waals surface area contributed by atoms with E-state index in [-0.39, 0.29) is 5.56 Å². The van der Waals surface area contributed by atoms with Gasteiger partial charge in [0.15, 0.2) is 0 Å². The number of aromatic nitrogens is 2. The second-order valence-electron chi connectivity index (χ2n) is 4.09. The fraction of sp³-hybridized carbons (Fsp3) is 0.333. The largest absolute Gasteiger partial charge is 0.480 e. The van der Waals surface area contributed by atoms with Crippen LogP contribution in [0.4, 0.5) is 0 Å². The molecule has 7 nitrogen and oxygen atoms in total. The minimum Gasteiger partial charge on any atom is -0.480 e. The van der Waals surface area contributed by atoms with E-state index in [0.717, 1.165) is 0 Å². The van der Waals surface area contributed by atoms with Crippen molar-refractivity contribution in [2.24, 2.45) is 0 Å². The number of amides is 1. The van der Waals surface area contributed by atoms with E-state index in [9.17, 15) is 9.59 Å². The molecule has 0 aromatic carbocycles. The lowest BCUT2D eigenvalue weighted by Gasteiger charge is -2.08. The van der Waals surface area contributed by atoms with Crippen LogP contribution in [-0.4, -0.2) is 33.2 Å². The molecule has 2 N–H and O–H groups in total. The number of carbonyl (C=O) groups is 2. The number of pyridine rings is 1. The number of fused-ring (bicyclic) bond motifs is 1. The Labute approximate surface area is 108 Å². The number of hydrogen-bond acceptors (Lipinski definition) is 5. The van der Waals surface area contributed by atoms with E-state index >= 15 is 0 Å². The molecule has 0 spiro atoms. The summed E-state index contributed by atoms with van der Waals surface area (Å²) < 4.78 is 5.01. The van der Waals surface area contributed by atoms with Gasteiger partial charge in [-0.1, -0.05) is 12.1 Å². The van der Waals surface area contributed by atoms with Gasteiger partial charge < -0.3 is 14.9 Å². The van der Waals surface area contributed by atoms with Crippen LogP contribution in [0.15, 0.2) is 16.8 Å². The molecule has 0 radical (unpaired) electrons. The minimum absolute atomic E-state index is 0.276. The average molecular weight is 263 g/mol. The van der Waals surface area contributed by atoms with E-state index in [4.69, 9.17) is 9.63 Å². The Balaban J connectivity index is 2.29. The molecule has 2 aromatic rings. The highest BCUT2D eigenvalue weighted by molar-refractivity contribution is 5.98. The first-order chi connectivity index (χ1) is 9.02. The first kappa shape index (κ1) is 13.0. The zero-order valence-electron chi connectivity index (χ0n) is 10.5. The van der Waals surface area contributed by atoms with Gasteiger partial charge in [-0.2, -0.15) is 0 Å². The molecule has 0 saturated carbocycles. The molecule has 7 heteroatoms. The van der Waals surface area contributed by atoms with Crippen LogP contribution < -0.4 is 5.32 Å². The maximum absolute atomic E-state index is 11.9. The predicted octanol–water partition coefficient (Wildman–Crippen LogP) is 0.988. The van der Waals surface area contributed by atoms with Crippen LogP contribution in [0.2, 0.25) is 0 Å². The summed E-state index contributed by atoms with van der Waals surface area (Å²) in [4.78, 5) is 26.5. The maximum atomic E-state index is 11.9. The van der Waals surface area contributed by atoms with Crippen LogP contribution >= 0.6 is 0 Å². The van der Waals surface area contributed by atoms with Gasteiger partial charge in [0.1, 0.15) is 6.04 Å². The molecule has 100 valence electrons. The van der Waals surface area contributed by atoms with Crippen LogP contribution in [0.25, 0.3) is 11.1 Å². The van der Waals surface area contributed by atoms with E-state index in [1.54, 1.807) is 6.07 Å². The number of nitrogens with one attached hydrogen (secondary N) is 1. The van der Waals surface area contributed by atoms with Gasteiger partial charge in [-0.05, 0) is 19.4 Å². The van der Waals surface area contributed by atoms with E-state index < -0.39 is 17.9 Å². The van der Waals surface area contributed by atoms with Crippen molar-refractivity contribution in [1.82, 2.24) is 15.5 Å². The van der Waals surface area contributed by atoms with Crippen molar-refractivity contribution in [2.75, 3.05) is 0 Å². The summed E-state index contributed by atoms with van der Waals surface area (Å²) in [6, 6.07) is 0.637. The molecule has 0 aliphatic heterocycles. The Morgan fingerprint density at radius 3 is 2.89 bits per heavy atom. The van der Waals surface area contributed by atoms with Crippen LogP contribution in [0, 0.1) is 0 Å². The number of carboxylic acids is 1. The van der Waals surface area contributed by atoms with Gasteiger partial charge in [-0.25, -0.2) is 4.98 Å². The summed E-state index contributed by atoms with van der Waals surface area (Å²) in [5, 5.41) is 15.6. The third kappa shape index (κ3) is 2.54. The van der Waals surface area contributed by atoms with Crippen LogP contribution in [0.5, 0.6) is 0 Å². The topological polar surface area (TPSA) is 105 Å². The van der Waals surface area contributed by atoms with Crippen molar-refractivity contribution in [3.8, 4) is 0 Å². The lowest BCUT2D eigenvalue weighted by atomic mass is 10.1. The highest BCUT2D eigenvalue weighted by Gasteiger charge is 2.17. The van der Waals surface area contributed by atoms with Crippen molar-refractivity contribution in [1.29, 1.82) is 0 Å². The Hall–Kier alpha value is -2.44. The summed E-state index contributed by atoms with van der Waals surface area (Å²) in [7, 11) is 0. The molecule has 2 aromatic heterocycles. The molecule has 1 amide bonds. The van der Waals surface area contributed by atoms with Gasteiger partial charge >= 0.3 is 5.97 Å². The second-order valence-corrected chi connectivity index (χ2v) is 4.09. The van der Waals surface area contributed by atoms with Crippen molar-refractivity contribution in [3.63, 3.8) is 0 Å². The molecule has 1 atom stereocenters. The molecule has 19 heavy (non-hydrogen) atoms. The van der Waals surface area contributed by atoms with E-state index in [2.05, 4.69) is 15.5 Å². The molecular formula is C12H13N3O4. The van der Waals surface area contributed by atoms with E-state index in [1.807, 2.05) is 6.92 Å². The number of hydrogen-bond donors (Lipinski definition) is 2. The molecule has 0 unspecified atom stereocenters. The normalized spacial score (nSPS) is 12.3. The Morgan fingerprint density at radius 1 is 1.53 bits per heavy atom. The number of nitrogens with zero attached hydrogens (tertiary/aromatic N) is 2. The zero-order chi connectivity index (χ0) is 14.0. The number of rotatable bonds is 4. The van der Waals surface area contributed by atoms with Gasteiger partial charge in [0.25, 0.3) is 11.6 Å².